The normalized spacial score (nSPS) is 14.6. The Kier molecular flexibility index (Phi) is 11.1. The summed E-state index contributed by atoms with van der Waals surface area (Å²) in [5.41, 5.74) is 2.17. The van der Waals surface area contributed by atoms with Crippen molar-refractivity contribution in [2.45, 2.75) is 84.2 Å². The Morgan fingerprint density at radius 3 is 2.31 bits per heavy atom. The Morgan fingerprint density at radius 2 is 1.61 bits per heavy atom. The van der Waals surface area contributed by atoms with Gasteiger partial charge in [-0.25, -0.2) is 0 Å². The first kappa shape index (κ1) is 27.6. The maximum absolute atomic E-state index is 13.4. The molecule has 6 heteroatoms. The van der Waals surface area contributed by atoms with Crippen molar-refractivity contribution >= 4 is 11.8 Å². The lowest BCUT2D eigenvalue weighted by Crippen LogP contribution is -2.51. The molecule has 1 saturated carbocycles. The van der Waals surface area contributed by atoms with Gasteiger partial charge >= 0.3 is 0 Å². The molecule has 0 radical (unpaired) electrons. The SMILES string of the molecule is CCOc1ccc(CCC(=O)N(CCc2ccccc2)C(C)C(=O)NC2CCCCC2)cc1OCC. The fourth-order valence-electron chi connectivity index (χ4n) is 4.78. The van der Waals surface area contributed by atoms with Gasteiger partial charge in [0.2, 0.25) is 11.8 Å². The number of ether oxygens (including phenoxy) is 2. The third-order valence-corrected chi connectivity index (χ3v) is 6.84. The molecule has 1 atom stereocenters. The van der Waals surface area contributed by atoms with Gasteiger partial charge in [0.05, 0.1) is 13.2 Å². The van der Waals surface area contributed by atoms with Crippen molar-refractivity contribution < 1.29 is 19.1 Å². The first-order valence-electron chi connectivity index (χ1n) is 13.5. The molecule has 0 bridgehead atoms. The number of hydrogen-bond donors (Lipinski definition) is 1. The van der Waals surface area contributed by atoms with Gasteiger partial charge in [-0.05, 0) is 69.7 Å². The van der Waals surface area contributed by atoms with Crippen molar-refractivity contribution in [3.05, 3.63) is 59.7 Å². The average Bonchev–Trinajstić information content (AvgIpc) is 2.90. The Morgan fingerprint density at radius 1 is 0.917 bits per heavy atom. The number of amides is 2. The lowest BCUT2D eigenvalue weighted by atomic mass is 9.95. The van der Waals surface area contributed by atoms with Crippen molar-refractivity contribution in [1.82, 2.24) is 10.2 Å². The van der Waals surface area contributed by atoms with Crippen molar-refractivity contribution in [3.63, 3.8) is 0 Å². The molecule has 1 aliphatic rings. The summed E-state index contributed by atoms with van der Waals surface area (Å²) >= 11 is 0. The molecule has 3 rings (SSSR count). The molecule has 0 spiro atoms. The average molecular weight is 495 g/mol. The van der Waals surface area contributed by atoms with Gasteiger partial charge in [-0.2, -0.15) is 0 Å². The molecule has 0 aromatic heterocycles. The van der Waals surface area contributed by atoms with Crippen molar-refractivity contribution in [2.24, 2.45) is 0 Å². The van der Waals surface area contributed by atoms with Crippen LogP contribution < -0.4 is 14.8 Å². The fourth-order valence-corrected chi connectivity index (χ4v) is 4.78. The summed E-state index contributed by atoms with van der Waals surface area (Å²) in [7, 11) is 0. The van der Waals surface area contributed by atoms with Gasteiger partial charge < -0.3 is 19.7 Å². The van der Waals surface area contributed by atoms with Gasteiger partial charge in [-0.1, -0.05) is 55.7 Å². The molecule has 1 unspecified atom stereocenters. The van der Waals surface area contributed by atoms with Crippen LogP contribution in [0.4, 0.5) is 0 Å². The lowest BCUT2D eigenvalue weighted by Gasteiger charge is -2.31. The minimum Gasteiger partial charge on any atom is -0.490 e. The Bertz CT molecular complexity index is 957. The molecule has 2 amide bonds. The minimum atomic E-state index is -0.512. The van der Waals surface area contributed by atoms with E-state index in [4.69, 9.17) is 9.47 Å². The second kappa shape index (κ2) is 14.5. The Labute approximate surface area is 216 Å². The predicted octanol–water partition coefficient (Wildman–Crippen LogP) is 5.33. The minimum absolute atomic E-state index is 0.0101. The van der Waals surface area contributed by atoms with Crippen LogP contribution in [0.15, 0.2) is 48.5 Å². The van der Waals surface area contributed by atoms with Crippen molar-refractivity contribution in [2.75, 3.05) is 19.8 Å². The van der Waals surface area contributed by atoms with Crippen LogP contribution in [0.2, 0.25) is 0 Å². The summed E-state index contributed by atoms with van der Waals surface area (Å²) in [5, 5.41) is 3.20. The fraction of sp³-hybridized carbons (Fsp3) is 0.533. The van der Waals surface area contributed by atoms with E-state index in [9.17, 15) is 9.59 Å². The number of nitrogens with one attached hydrogen (secondary N) is 1. The molecule has 1 aliphatic carbocycles. The van der Waals surface area contributed by atoms with Gasteiger partial charge in [-0.15, -0.1) is 0 Å². The Hall–Kier alpha value is -3.02. The van der Waals surface area contributed by atoms with Gasteiger partial charge in [-0.3, -0.25) is 9.59 Å². The van der Waals surface area contributed by atoms with Crippen LogP contribution in [0.5, 0.6) is 11.5 Å². The second-order valence-corrected chi connectivity index (χ2v) is 9.49. The van der Waals surface area contributed by atoms with Crippen LogP contribution >= 0.6 is 0 Å². The molecule has 0 heterocycles. The highest BCUT2D eigenvalue weighted by molar-refractivity contribution is 5.87. The summed E-state index contributed by atoms with van der Waals surface area (Å²) in [6.07, 6.45) is 7.21. The molecule has 2 aromatic rings. The number of nitrogens with zero attached hydrogens (tertiary/aromatic N) is 1. The molecule has 1 N–H and O–H groups in total. The van der Waals surface area contributed by atoms with E-state index in [0.717, 1.165) is 36.8 Å². The van der Waals surface area contributed by atoms with Crippen LogP contribution in [-0.4, -0.2) is 48.6 Å². The highest BCUT2D eigenvalue weighted by Gasteiger charge is 2.27. The molecule has 196 valence electrons. The molecule has 36 heavy (non-hydrogen) atoms. The molecule has 6 nitrogen and oxygen atoms in total. The highest BCUT2D eigenvalue weighted by atomic mass is 16.5. The number of aryl methyl sites for hydroxylation is 1. The van der Waals surface area contributed by atoms with E-state index in [-0.39, 0.29) is 17.9 Å². The summed E-state index contributed by atoms with van der Waals surface area (Å²) in [6, 6.07) is 15.7. The number of benzene rings is 2. The van der Waals surface area contributed by atoms with Gasteiger partial charge in [0.25, 0.3) is 0 Å². The smallest absolute Gasteiger partial charge is 0.242 e. The monoisotopic (exact) mass is 494 g/mol. The number of carbonyl (C=O) groups is 2. The van der Waals surface area contributed by atoms with Crippen molar-refractivity contribution in [3.8, 4) is 11.5 Å². The van der Waals surface area contributed by atoms with Gasteiger partial charge in [0.15, 0.2) is 11.5 Å². The third kappa shape index (κ3) is 8.28. The quantitative estimate of drug-likeness (QED) is 0.409. The van der Waals surface area contributed by atoms with Crippen LogP contribution in [0.1, 0.15) is 70.4 Å². The molecular weight excluding hydrogens is 452 g/mol. The molecule has 0 aliphatic heterocycles. The van der Waals surface area contributed by atoms with Gasteiger partial charge in [0.1, 0.15) is 6.04 Å². The summed E-state index contributed by atoms with van der Waals surface area (Å²) < 4.78 is 11.4. The topological polar surface area (TPSA) is 67.9 Å². The first-order valence-corrected chi connectivity index (χ1v) is 13.5. The molecule has 1 fully saturated rings. The van der Waals surface area contributed by atoms with Gasteiger partial charge in [0, 0.05) is 19.0 Å². The Balaban J connectivity index is 1.67. The summed E-state index contributed by atoms with van der Waals surface area (Å²) in [6.45, 7) is 7.35. The zero-order chi connectivity index (χ0) is 25.8. The lowest BCUT2D eigenvalue weighted by molar-refractivity contribution is -0.140. The van der Waals surface area contributed by atoms with E-state index in [1.165, 1.54) is 6.42 Å². The number of carbonyl (C=O) groups excluding carboxylic acids is 2. The molecule has 0 saturated heterocycles. The van der Waals surface area contributed by atoms with Crippen LogP contribution in [0, 0.1) is 0 Å². The number of rotatable bonds is 13. The maximum Gasteiger partial charge on any atom is 0.242 e. The van der Waals surface area contributed by atoms with Crippen LogP contribution in [0.25, 0.3) is 0 Å². The predicted molar refractivity (Wildman–Crippen MR) is 143 cm³/mol. The maximum atomic E-state index is 13.4. The standard InChI is InChI=1S/C30H42N2O4/c1-4-35-27-18-16-25(22-28(27)36-5-2)17-19-29(33)32(21-20-24-12-8-6-9-13-24)23(3)30(34)31-26-14-10-7-11-15-26/h6,8-9,12-13,16,18,22-23,26H,4-5,7,10-11,14-15,17,19-21H2,1-3H3,(H,31,34). The van der Waals surface area contributed by atoms with Crippen molar-refractivity contribution in [1.29, 1.82) is 0 Å². The van der Waals surface area contributed by atoms with E-state index >= 15 is 0 Å². The largest absolute Gasteiger partial charge is 0.490 e. The molecular formula is C30H42N2O4. The van der Waals surface area contributed by atoms with E-state index in [1.807, 2.05) is 57.2 Å². The van der Waals surface area contributed by atoms with E-state index in [0.29, 0.717) is 50.5 Å². The number of hydrogen-bond acceptors (Lipinski definition) is 4. The zero-order valence-electron chi connectivity index (χ0n) is 22.1. The van der Waals surface area contributed by atoms with E-state index in [2.05, 4.69) is 17.4 Å². The van der Waals surface area contributed by atoms with Crippen LogP contribution in [-0.2, 0) is 22.4 Å². The summed E-state index contributed by atoms with van der Waals surface area (Å²) in [5.74, 6) is 1.35. The summed E-state index contributed by atoms with van der Waals surface area (Å²) in [4.78, 5) is 28.3. The second-order valence-electron chi connectivity index (χ2n) is 9.49. The van der Waals surface area contributed by atoms with E-state index < -0.39 is 6.04 Å². The molecule has 2 aromatic carbocycles. The van der Waals surface area contributed by atoms with E-state index in [1.54, 1.807) is 4.90 Å². The zero-order valence-corrected chi connectivity index (χ0v) is 22.1. The third-order valence-electron chi connectivity index (χ3n) is 6.84. The highest BCUT2D eigenvalue weighted by Crippen LogP contribution is 2.29. The first-order chi connectivity index (χ1) is 17.5. The van der Waals surface area contributed by atoms with Crippen LogP contribution in [0.3, 0.4) is 0 Å².